The zero-order valence-corrected chi connectivity index (χ0v) is 12.0. The molecule has 1 rings (SSSR count). The molecule has 0 radical (unpaired) electrons. The molecule has 1 saturated heterocycles. The highest BCUT2D eigenvalue weighted by molar-refractivity contribution is 9.09. The van der Waals surface area contributed by atoms with Crippen LogP contribution in [0.1, 0.15) is 25.7 Å². The van der Waals surface area contributed by atoms with Crippen LogP contribution in [0.2, 0.25) is 0 Å². The monoisotopic (exact) mass is 327 g/mol. The molecule has 1 heterocycles. The Hall–Kier alpha value is -0.230. The summed E-state index contributed by atoms with van der Waals surface area (Å²) in [4.78, 5) is 13.7. The smallest absolute Gasteiger partial charge is 0.261 e. The molecular formula is C12H20BrF2NO2. The van der Waals surface area contributed by atoms with Gasteiger partial charge in [0.1, 0.15) is 6.61 Å². The van der Waals surface area contributed by atoms with E-state index >= 15 is 0 Å². The molecule has 0 N–H and O–H groups in total. The van der Waals surface area contributed by atoms with Crippen LogP contribution in [-0.4, -0.2) is 48.9 Å². The molecular weight excluding hydrogens is 308 g/mol. The first-order chi connectivity index (χ1) is 8.63. The molecule has 3 nitrogen and oxygen atoms in total. The van der Waals surface area contributed by atoms with Crippen molar-refractivity contribution < 1.29 is 18.3 Å². The normalized spacial score (nSPS) is 20.4. The van der Waals surface area contributed by atoms with Crippen LogP contribution in [0.25, 0.3) is 0 Å². The van der Waals surface area contributed by atoms with Gasteiger partial charge in [-0.05, 0) is 25.2 Å². The van der Waals surface area contributed by atoms with Crippen LogP contribution in [0, 0.1) is 5.92 Å². The molecule has 0 bridgehead atoms. The molecule has 1 fully saturated rings. The molecule has 1 aliphatic rings. The second kappa shape index (κ2) is 8.80. The number of carbonyl (C=O) groups excluding carboxylic acids is 1. The van der Waals surface area contributed by atoms with E-state index in [1.807, 2.05) is 4.90 Å². The van der Waals surface area contributed by atoms with Crippen LogP contribution < -0.4 is 0 Å². The number of amides is 1. The predicted molar refractivity (Wildman–Crippen MR) is 69.2 cm³/mol. The fraction of sp³-hybridized carbons (Fsp3) is 0.917. The largest absolute Gasteiger partial charge is 0.375 e. The van der Waals surface area contributed by atoms with Gasteiger partial charge in [-0.3, -0.25) is 4.79 Å². The lowest BCUT2D eigenvalue weighted by Crippen LogP contribution is -2.40. The number of rotatable bonds is 7. The molecule has 0 spiro atoms. The Morgan fingerprint density at radius 3 is 2.94 bits per heavy atom. The van der Waals surface area contributed by atoms with Gasteiger partial charge in [-0.25, -0.2) is 8.78 Å². The zero-order valence-electron chi connectivity index (χ0n) is 10.4. The minimum absolute atomic E-state index is 0.0172. The van der Waals surface area contributed by atoms with Crippen molar-refractivity contribution in [3.05, 3.63) is 0 Å². The zero-order chi connectivity index (χ0) is 13.4. The molecule has 1 unspecified atom stereocenters. The number of ether oxygens (including phenoxy) is 1. The fourth-order valence-corrected chi connectivity index (χ4v) is 2.82. The van der Waals surface area contributed by atoms with Crippen molar-refractivity contribution >= 4 is 21.8 Å². The first-order valence-electron chi connectivity index (χ1n) is 6.33. The van der Waals surface area contributed by atoms with Crippen LogP contribution in [0.15, 0.2) is 0 Å². The van der Waals surface area contributed by atoms with Crippen molar-refractivity contribution in [2.24, 2.45) is 5.92 Å². The summed E-state index contributed by atoms with van der Waals surface area (Å²) in [7, 11) is 0. The number of hydrogen-bond donors (Lipinski definition) is 0. The second-order valence-electron chi connectivity index (χ2n) is 4.54. The van der Waals surface area contributed by atoms with E-state index in [2.05, 4.69) is 15.9 Å². The van der Waals surface area contributed by atoms with Crippen LogP contribution in [0.5, 0.6) is 0 Å². The summed E-state index contributed by atoms with van der Waals surface area (Å²) in [6.07, 6.45) is 1.01. The maximum atomic E-state index is 11.8. The van der Waals surface area contributed by atoms with Crippen LogP contribution >= 0.6 is 15.9 Å². The number of likely N-dealkylation sites (tertiary alicyclic amines) is 1. The predicted octanol–water partition coefficient (Wildman–Crippen LogP) is 2.68. The SMILES string of the molecule is O=C(CCOCC(F)F)N1CCCC(CCBr)C1. The van der Waals surface area contributed by atoms with Crippen molar-refractivity contribution in [2.75, 3.05) is 31.6 Å². The fourth-order valence-electron chi connectivity index (χ4n) is 2.17. The molecule has 1 atom stereocenters. The summed E-state index contributed by atoms with van der Waals surface area (Å²) in [5.41, 5.74) is 0. The first-order valence-corrected chi connectivity index (χ1v) is 7.45. The third-order valence-corrected chi connectivity index (χ3v) is 3.55. The van der Waals surface area contributed by atoms with Gasteiger partial charge in [0.2, 0.25) is 5.91 Å². The molecule has 1 aliphatic heterocycles. The molecule has 6 heteroatoms. The highest BCUT2D eigenvalue weighted by Gasteiger charge is 2.22. The molecule has 0 aromatic rings. The van der Waals surface area contributed by atoms with Crippen molar-refractivity contribution in [3.63, 3.8) is 0 Å². The van der Waals surface area contributed by atoms with Gasteiger partial charge in [-0.15, -0.1) is 0 Å². The van der Waals surface area contributed by atoms with E-state index in [4.69, 9.17) is 4.74 Å². The van der Waals surface area contributed by atoms with Gasteiger partial charge in [0.05, 0.1) is 13.0 Å². The van der Waals surface area contributed by atoms with Gasteiger partial charge < -0.3 is 9.64 Å². The van der Waals surface area contributed by atoms with E-state index in [1.165, 1.54) is 0 Å². The van der Waals surface area contributed by atoms with Crippen LogP contribution in [-0.2, 0) is 9.53 Å². The van der Waals surface area contributed by atoms with Crippen molar-refractivity contribution in [1.82, 2.24) is 4.90 Å². The molecule has 0 aromatic carbocycles. The number of alkyl halides is 3. The van der Waals surface area contributed by atoms with Crippen molar-refractivity contribution in [2.45, 2.75) is 32.1 Å². The molecule has 1 amide bonds. The third-order valence-electron chi connectivity index (χ3n) is 3.09. The minimum atomic E-state index is -2.46. The summed E-state index contributed by atoms with van der Waals surface area (Å²) in [6, 6.07) is 0. The number of piperidine rings is 1. The molecule has 0 saturated carbocycles. The highest BCUT2D eigenvalue weighted by atomic mass is 79.9. The number of carbonyl (C=O) groups is 1. The lowest BCUT2D eigenvalue weighted by Gasteiger charge is -2.32. The maximum absolute atomic E-state index is 11.8. The van der Waals surface area contributed by atoms with Gasteiger partial charge in [0.15, 0.2) is 0 Å². The van der Waals surface area contributed by atoms with Crippen molar-refractivity contribution in [1.29, 1.82) is 0 Å². The van der Waals surface area contributed by atoms with E-state index in [1.54, 1.807) is 0 Å². The van der Waals surface area contributed by atoms with Crippen molar-refractivity contribution in [3.8, 4) is 0 Å². The Morgan fingerprint density at radius 1 is 1.50 bits per heavy atom. The Balaban J connectivity index is 2.20. The topological polar surface area (TPSA) is 29.5 Å². The first kappa shape index (κ1) is 15.8. The summed E-state index contributed by atoms with van der Waals surface area (Å²) in [5, 5.41) is 0.956. The maximum Gasteiger partial charge on any atom is 0.261 e. The lowest BCUT2D eigenvalue weighted by atomic mass is 9.95. The number of halogens is 3. The standard InChI is InChI=1S/C12H20BrF2NO2/c13-5-3-10-2-1-6-16(8-10)12(17)4-7-18-9-11(14)15/h10-11H,1-9H2. The molecule has 0 aliphatic carbocycles. The Labute approximate surface area is 115 Å². The molecule has 18 heavy (non-hydrogen) atoms. The quantitative estimate of drug-likeness (QED) is 0.531. The Bertz CT molecular complexity index is 252. The minimum Gasteiger partial charge on any atom is -0.375 e. The summed E-state index contributed by atoms with van der Waals surface area (Å²) in [5.74, 6) is 0.576. The van der Waals surface area contributed by atoms with E-state index in [0.717, 1.165) is 37.7 Å². The van der Waals surface area contributed by atoms with Crippen LogP contribution in [0.4, 0.5) is 8.78 Å². The summed E-state index contributed by atoms with van der Waals surface area (Å²) in [6.45, 7) is 1.08. The van der Waals surface area contributed by atoms with E-state index < -0.39 is 13.0 Å². The third kappa shape index (κ3) is 6.09. The second-order valence-corrected chi connectivity index (χ2v) is 5.33. The average Bonchev–Trinajstić information content (AvgIpc) is 2.35. The van der Waals surface area contributed by atoms with Crippen LogP contribution in [0.3, 0.4) is 0 Å². The number of nitrogens with zero attached hydrogens (tertiary/aromatic N) is 1. The van der Waals surface area contributed by atoms with Gasteiger partial charge in [0.25, 0.3) is 6.43 Å². The highest BCUT2D eigenvalue weighted by Crippen LogP contribution is 2.20. The average molecular weight is 328 g/mol. The van der Waals surface area contributed by atoms with E-state index in [-0.39, 0.29) is 18.9 Å². The van der Waals surface area contributed by atoms with Gasteiger partial charge >= 0.3 is 0 Å². The van der Waals surface area contributed by atoms with Gasteiger partial charge in [0, 0.05) is 18.4 Å². The molecule has 106 valence electrons. The summed E-state index contributed by atoms with van der Waals surface area (Å²) < 4.78 is 28.4. The van der Waals surface area contributed by atoms with E-state index in [9.17, 15) is 13.6 Å². The van der Waals surface area contributed by atoms with Gasteiger partial charge in [-0.1, -0.05) is 15.9 Å². The Kier molecular flexibility index (Phi) is 7.74. The molecule has 0 aromatic heterocycles. The lowest BCUT2D eigenvalue weighted by molar-refractivity contribution is -0.134. The summed E-state index contributed by atoms with van der Waals surface area (Å²) >= 11 is 3.41. The van der Waals surface area contributed by atoms with Gasteiger partial charge in [-0.2, -0.15) is 0 Å². The Morgan fingerprint density at radius 2 is 2.28 bits per heavy atom. The number of hydrogen-bond acceptors (Lipinski definition) is 2. The van der Waals surface area contributed by atoms with E-state index in [0.29, 0.717) is 5.92 Å².